The summed E-state index contributed by atoms with van der Waals surface area (Å²) in [5.74, 6) is 0.508. The van der Waals surface area contributed by atoms with Crippen molar-refractivity contribution in [2.24, 2.45) is 4.99 Å². The molecule has 1 saturated heterocycles. The molecular weight excluding hydrogens is 623 g/mol. The number of ether oxygens (including phenoxy) is 2. The lowest BCUT2D eigenvalue weighted by Gasteiger charge is -2.21. The second-order valence-electron chi connectivity index (χ2n) is 10.3. The number of methoxy groups -OCH3 is 1. The predicted molar refractivity (Wildman–Crippen MR) is 171 cm³/mol. The normalized spacial score (nSPS) is 14.3. The number of halogens is 3. The van der Waals surface area contributed by atoms with E-state index in [1.807, 2.05) is 38.1 Å². The molecule has 0 aliphatic carbocycles. The fraction of sp³-hybridized carbons (Fsp3) is 0.258. The molecule has 0 atom stereocenters. The second-order valence-corrected chi connectivity index (χ2v) is 11.2. The minimum atomic E-state index is -4.80. The van der Waals surface area contributed by atoms with Gasteiger partial charge in [0, 0.05) is 24.9 Å². The molecule has 3 amide bonds. The third kappa shape index (κ3) is 7.84. The summed E-state index contributed by atoms with van der Waals surface area (Å²) in [4.78, 5) is 35.9. The summed E-state index contributed by atoms with van der Waals surface area (Å²) < 4.78 is 48.3. The highest BCUT2D eigenvalue weighted by Gasteiger charge is 2.32. The van der Waals surface area contributed by atoms with Crippen LogP contribution in [0.15, 0.2) is 77.8 Å². The molecule has 0 radical (unpaired) electrons. The lowest BCUT2D eigenvalue weighted by Crippen LogP contribution is -2.31. The SMILES string of the molecule is COCCNc1nc(-c2ccc(NC(=O)/N=C3\SCC(=O)N3c3ccccc3C(C)C)cc2)nn1-c1ccc(OC(F)(F)F)cc1. The van der Waals surface area contributed by atoms with E-state index in [1.165, 1.54) is 45.6 Å². The van der Waals surface area contributed by atoms with Crippen LogP contribution in [0.5, 0.6) is 5.75 Å². The summed E-state index contributed by atoms with van der Waals surface area (Å²) in [7, 11) is 1.55. The highest BCUT2D eigenvalue weighted by atomic mass is 32.2. The van der Waals surface area contributed by atoms with Crippen LogP contribution in [0.3, 0.4) is 0 Å². The molecule has 3 aromatic carbocycles. The number of aromatic nitrogens is 3. The molecule has 0 saturated carbocycles. The van der Waals surface area contributed by atoms with Crippen molar-refractivity contribution in [3.05, 3.63) is 78.4 Å². The maximum Gasteiger partial charge on any atom is 0.573 e. The second kappa shape index (κ2) is 14.0. The smallest absolute Gasteiger partial charge is 0.406 e. The molecule has 0 spiro atoms. The first-order valence-corrected chi connectivity index (χ1v) is 15.1. The molecule has 0 unspecified atom stereocenters. The van der Waals surface area contributed by atoms with Crippen molar-refractivity contribution in [1.82, 2.24) is 14.8 Å². The number of amides is 3. The Morgan fingerprint density at radius 1 is 1.07 bits per heavy atom. The van der Waals surface area contributed by atoms with Crippen LogP contribution in [0.2, 0.25) is 0 Å². The first-order valence-electron chi connectivity index (χ1n) is 14.1. The Kier molecular flexibility index (Phi) is 9.92. The van der Waals surface area contributed by atoms with Crippen LogP contribution in [-0.2, 0) is 9.53 Å². The van der Waals surface area contributed by atoms with E-state index in [-0.39, 0.29) is 23.3 Å². The molecular formula is C31H30F3N7O4S. The Balaban J connectivity index is 1.33. The Labute approximate surface area is 266 Å². The first kappa shape index (κ1) is 32.5. The Morgan fingerprint density at radius 3 is 2.46 bits per heavy atom. The van der Waals surface area contributed by atoms with Gasteiger partial charge in [-0.2, -0.15) is 14.7 Å². The molecule has 4 aromatic rings. The lowest BCUT2D eigenvalue weighted by atomic mass is 10.0. The first-order chi connectivity index (χ1) is 22.0. The Hall–Kier alpha value is -4.89. The van der Waals surface area contributed by atoms with Gasteiger partial charge < -0.3 is 20.1 Å². The third-order valence-electron chi connectivity index (χ3n) is 6.67. The molecule has 240 valence electrons. The summed E-state index contributed by atoms with van der Waals surface area (Å²) in [5, 5.41) is 10.7. The van der Waals surface area contributed by atoms with Crippen molar-refractivity contribution in [1.29, 1.82) is 0 Å². The van der Waals surface area contributed by atoms with Crippen LogP contribution in [0, 0.1) is 0 Å². The Bertz CT molecular complexity index is 1730. The van der Waals surface area contributed by atoms with Crippen LogP contribution >= 0.6 is 11.8 Å². The molecule has 5 rings (SSSR count). The van der Waals surface area contributed by atoms with E-state index in [4.69, 9.17) is 4.74 Å². The average molecular weight is 654 g/mol. The number of para-hydroxylation sites is 1. The molecule has 2 N–H and O–H groups in total. The van der Waals surface area contributed by atoms with Gasteiger partial charge in [0.15, 0.2) is 11.0 Å². The number of nitrogens with zero attached hydrogens (tertiary/aromatic N) is 5. The standard InChI is InChI=1S/C31H30F3N7O4S/c1-19(2)24-6-4-5-7-25(24)40-26(42)18-46-30(40)38-29(43)36-21-10-8-20(9-11-21)27-37-28(35-16-17-44-3)41(39-27)22-12-14-23(15-13-22)45-31(32,33)34/h4-15,19H,16-18H2,1-3H3,(H,36,43)(H,35,37,39)/b38-30-. The number of alkyl halides is 3. The van der Waals surface area contributed by atoms with E-state index in [9.17, 15) is 22.8 Å². The largest absolute Gasteiger partial charge is 0.573 e. The number of carbonyl (C=O) groups excluding carboxylic acids is 2. The van der Waals surface area contributed by atoms with Gasteiger partial charge >= 0.3 is 12.4 Å². The lowest BCUT2D eigenvalue weighted by molar-refractivity contribution is -0.274. The minimum absolute atomic E-state index is 0.150. The van der Waals surface area contributed by atoms with Gasteiger partial charge in [-0.15, -0.1) is 18.3 Å². The zero-order valence-corrected chi connectivity index (χ0v) is 25.9. The number of benzene rings is 3. The highest BCUT2D eigenvalue weighted by Crippen LogP contribution is 2.33. The average Bonchev–Trinajstić information content (AvgIpc) is 3.60. The molecule has 1 aliphatic heterocycles. The van der Waals surface area contributed by atoms with Gasteiger partial charge in [-0.3, -0.25) is 9.69 Å². The van der Waals surface area contributed by atoms with Crippen molar-refractivity contribution in [2.75, 3.05) is 41.5 Å². The maximum atomic E-state index is 12.9. The van der Waals surface area contributed by atoms with E-state index < -0.39 is 12.4 Å². The topological polar surface area (TPSA) is 123 Å². The molecule has 1 aliphatic rings. The van der Waals surface area contributed by atoms with E-state index in [0.717, 1.165) is 5.56 Å². The van der Waals surface area contributed by atoms with Crippen molar-refractivity contribution in [3.8, 4) is 22.8 Å². The summed E-state index contributed by atoms with van der Waals surface area (Å²) in [5.41, 5.74) is 3.20. The van der Waals surface area contributed by atoms with E-state index in [1.54, 1.807) is 31.4 Å². The number of hydrogen-bond acceptors (Lipinski definition) is 8. The minimum Gasteiger partial charge on any atom is -0.406 e. The quantitative estimate of drug-likeness (QED) is 0.182. The molecule has 0 bridgehead atoms. The number of carbonyl (C=O) groups is 2. The van der Waals surface area contributed by atoms with Crippen LogP contribution in [0.25, 0.3) is 17.1 Å². The molecule has 15 heteroatoms. The molecule has 2 heterocycles. The van der Waals surface area contributed by atoms with Gasteiger partial charge in [-0.25, -0.2) is 4.79 Å². The fourth-order valence-electron chi connectivity index (χ4n) is 4.58. The number of aliphatic imine (C=N–C) groups is 1. The van der Waals surface area contributed by atoms with Gasteiger partial charge in [0.1, 0.15) is 5.75 Å². The predicted octanol–water partition coefficient (Wildman–Crippen LogP) is 6.68. The van der Waals surface area contributed by atoms with E-state index >= 15 is 0 Å². The molecule has 1 fully saturated rings. The number of hydrogen-bond donors (Lipinski definition) is 2. The van der Waals surface area contributed by atoms with Gasteiger partial charge in [0.2, 0.25) is 11.9 Å². The zero-order valence-electron chi connectivity index (χ0n) is 25.0. The van der Waals surface area contributed by atoms with E-state index in [0.29, 0.717) is 52.7 Å². The monoisotopic (exact) mass is 653 g/mol. The van der Waals surface area contributed by atoms with Gasteiger partial charge in [-0.1, -0.05) is 43.8 Å². The van der Waals surface area contributed by atoms with Crippen LogP contribution in [0.1, 0.15) is 25.3 Å². The number of urea groups is 1. The summed E-state index contributed by atoms with van der Waals surface area (Å²) in [6, 6.07) is 18.9. The summed E-state index contributed by atoms with van der Waals surface area (Å²) >= 11 is 1.20. The van der Waals surface area contributed by atoms with Crippen LogP contribution < -0.4 is 20.3 Å². The van der Waals surface area contributed by atoms with Crippen molar-refractivity contribution < 1.29 is 32.2 Å². The van der Waals surface area contributed by atoms with Crippen LogP contribution in [0.4, 0.5) is 35.3 Å². The summed E-state index contributed by atoms with van der Waals surface area (Å²) in [6.07, 6.45) is -4.80. The maximum absolute atomic E-state index is 12.9. The van der Waals surface area contributed by atoms with Gasteiger partial charge in [-0.05, 0) is 66.1 Å². The number of thioether (sulfide) groups is 1. The number of nitrogens with one attached hydrogen (secondary N) is 2. The third-order valence-corrected chi connectivity index (χ3v) is 7.59. The Morgan fingerprint density at radius 2 is 1.78 bits per heavy atom. The van der Waals surface area contributed by atoms with Crippen molar-refractivity contribution >= 4 is 46.2 Å². The van der Waals surface area contributed by atoms with Crippen molar-refractivity contribution in [2.45, 2.75) is 26.1 Å². The van der Waals surface area contributed by atoms with Gasteiger partial charge in [0.05, 0.1) is 23.7 Å². The number of anilines is 3. The van der Waals surface area contributed by atoms with Gasteiger partial charge in [0.25, 0.3) is 0 Å². The van der Waals surface area contributed by atoms with Crippen LogP contribution in [-0.4, -0.2) is 64.2 Å². The molecule has 46 heavy (non-hydrogen) atoms. The zero-order chi connectivity index (χ0) is 32.8. The highest BCUT2D eigenvalue weighted by molar-refractivity contribution is 8.15. The van der Waals surface area contributed by atoms with Crippen molar-refractivity contribution in [3.63, 3.8) is 0 Å². The number of amidine groups is 1. The summed E-state index contributed by atoms with van der Waals surface area (Å²) in [6.45, 7) is 4.86. The number of rotatable bonds is 10. The molecule has 1 aromatic heterocycles. The van der Waals surface area contributed by atoms with E-state index in [2.05, 4.69) is 30.4 Å². The molecule has 11 nitrogen and oxygen atoms in total. The fourth-order valence-corrected chi connectivity index (χ4v) is 5.44.